The lowest BCUT2D eigenvalue weighted by molar-refractivity contribution is 0.0636. The third kappa shape index (κ3) is 5.12. The average Bonchev–Trinajstić information content (AvgIpc) is 2.32. The van der Waals surface area contributed by atoms with Crippen LogP contribution in [-0.4, -0.2) is 0 Å². The van der Waals surface area contributed by atoms with Crippen LogP contribution in [0.5, 0.6) is 0 Å². The predicted molar refractivity (Wildman–Crippen MR) is 89.3 cm³/mol. The molecule has 0 aliphatic rings. The van der Waals surface area contributed by atoms with Crippen molar-refractivity contribution in [3.63, 3.8) is 0 Å². The molecular formula is C19H40. The van der Waals surface area contributed by atoms with Crippen LogP contribution < -0.4 is 0 Å². The Bertz CT molecular complexity index is 226. The monoisotopic (exact) mass is 268 g/mol. The van der Waals surface area contributed by atoms with Crippen molar-refractivity contribution in [2.45, 2.75) is 75.7 Å². The van der Waals surface area contributed by atoms with Crippen LogP contribution in [0.15, 0.2) is 0 Å². The third-order valence-corrected chi connectivity index (χ3v) is 5.95. The molecule has 0 saturated carbocycles. The lowest BCUT2D eigenvalue weighted by Crippen LogP contribution is -2.36. The van der Waals surface area contributed by atoms with E-state index < -0.39 is 0 Å². The smallest absolute Gasteiger partial charge is 0.0332 e. The third-order valence-electron chi connectivity index (χ3n) is 5.95. The molecule has 0 aliphatic carbocycles. The summed E-state index contributed by atoms with van der Waals surface area (Å²) in [4.78, 5) is 0. The van der Waals surface area contributed by atoms with Gasteiger partial charge in [-0.2, -0.15) is 0 Å². The van der Waals surface area contributed by atoms with Crippen molar-refractivity contribution in [3.8, 4) is 0 Å². The zero-order chi connectivity index (χ0) is 15.3. The molecule has 0 saturated heterocycles. The average molecular weight is 269 g/mol. The number of rotatable bonds is 8. The number of hydrogen-bond acceptors (Lipinski definition) is 0. The van der Waals surface area contributed by atoms with E-state index in [4.69, 9.17) is 0 Å². The molecule has 116 valence electrons. The predicted octanol–water partition coefficient (Wildman–Crippen LogP) is 6.51. The molecule has 0 heterocycles. The lowest BCUT2D eigenvalue weighted by Gasteiger charge is -2.42. The molecule has 0 aliphatic heterocycles. The molecule has 5 atom stereocenters. The first kappa shape index (κ1) is 19.0. The van der Waals surface area contributed by atoms with Gasteiger partial charge in [-0.3, -0.25) is 0 Å². The molecule has 19 heavy (non-hydrogen) atoms. The van der Waals surface area contributed by atoms with Gasteiger partial charge >= 0.3 is 0 Å². The summed E-state index contributed by atoms with van der Waals surface area (Å²) in [5.41, 5.74) is 0. The zero-order valence-corrected chi connectivity index (χ0v) is 15.3. The molecule has 0 aromatic carbocycles. The van der Waals surface area contributed by atoms with Crippen LogP contribution >= 0.6 is 0 Å². The fourth-order valence-corrected chi connectivity index (χ4v) is 3.94. The molecule has 0 fully saturated rings. The Morgan fingerprint density at radius 3 is 1.21 bits per heavy atom. The Kier molecular flexibility index (Phi) is 8.32. The van der Waals surface area contributed by atoms with E-state index in [-0.39, 0.29) is 0 Å². The Morgan fingerprint density at radius 2 is 0.947 bits per heavy atom. The highest BCUT2D eigenvalue weighted by Gasteiger charge is 2.35. The molecule has 0 amide bonds. The van der Waals surface area contributed by atoms with Crippen LogP contribution in [0.4, 0.5) is 0 Å². The fraction of sp³-hybridized carbons (Fsp3) is 1.00. The summed E-state index contributed by atoms with van der Waals surface area (Å²) in [7, 11) is 0. The molecular weight excluding hydrogens is 228 g/mol. The first-order valence-corrected chi connectivity index (χ1v) is 8.64. The van der Waals surface area contributed by atoms with Crippen molar-refractivity contribution in [2.24, 2.45) is 47.3 Å². The summed E-state index contributed by atoms with van der Waals surface area (Å²) in [5, 5.41) is 0. The van der Waals surface area contributed by atoms with Crippen LogP contribution in [0.25, 0.3) is 0 Å². The topological polar surface area (TPSA) is 0 Å². The summed E-state index contributed by atoms with van der Waals surface area (Å²) in [5.74, 6) is 6.60. The minimum atomic E-state index is 0.794. The second-order valence-corrected chi connectivity index (χ2v) is 7.96. The highest BCUT2D eigenvalue weighted by molar-refractivity contribution is 4.84. The summed E-state index contributed by atoms with van der Waals surface area (Å²) in [6.45, 7) is 24.2. The second kappa shape index (κ2) is 8.32. The summed E-state index contributed by atoms with van der Waals surface area (Å²) in [6, 6.07) is 0. The Hall–Kier alpha value is 0. The van der Waals surface area contributed by atoms with Gasteiger partial charge in [0.1, 0.15) is 0 Å². The maximum Gasteiger partial charge on any atom is -0.0332 e. The van der Waals surface area contributed by atoms with E-state index in [9.17, 15) is 0 Å². The molecule has 0 N–H and O–H groups in total. The van der Waals surface area contributed by atoms with Gasteiger partial charge in [0.25, 0.3) is 0 Å². The first-order valence-electron chi connectivity index (χ1n) is 8.64. The summed E-state index contributed by atoms with van der Waals surface area (Å²) >= 11 is 0. The van der Waals surface area contributed by atoms with E-state index in [0.717, 1.165) is 47.3 Å². The van der Waals surface area contributed by atoms with Gasteiger partial charge in [-0.1, -0.05) is 75.7 Å². The van der Waals surface area contributed by atoms with Crippen LogP contribution in [0.2, 0.25) is 0 Å². The van der Waals surface area contributed by atoms with E-state index in [2.05, 4.69) is 69.2 Å². The van der Waals surface area contributed by atoms with Crippen LogP contribution in [0, 0.1) is 47.3 Å². The van der Waals surface area contributed by atoms with Gasteiger partial charge in [-0.25, -0.2) is 0 Å². The quantitative estimate of drug-likeness (QED) is 0.471. The highest BCUT2D eigenvalue weighted by Crippen LogP contribution is 2.42. The molecule has 0 aromatic rings. The maximum absolute atomic E-state index is 2.50. The minimum Gasteiger partial charge on any atom is -0.0651 e. The number of hydrogen-bond donors (Lipinski definition) is 0. The van der Waals surface area contributed by atoms with Crippen molar-refractivity contribution in [1.29, 1.82) is 0 Å². The molecule has 0 rings (SSSR count). The van der Waals surface area contributed by atoms with Crippen molar-refractivity contribution < 1.29 is 0 Å². The van der Waals surface area contributed by atoms with E-state index in [1.54, 1.807) is 0 Å². The normalized spacial score (nSPS) is 20.7. The first-order chi connectivity index (χ1) is 8.64. The van der Waals surface area contributed by atoms with Gasteiger partial charge < -0.3 is 0 Å². The van der Waals surface area contributed by atoms with Crippen LogP contribution in [0.1, 0.15) is 75.7 Å². The molecule has 0 heteroatoms. The van der Waals surface area contributed by atoms with E-state index in [1.165, 1.54) is 6.42 Å². The summed E-state index contributed by atoms with van der Waals surface area (Å²) < 4.78 is 0. The Labute approximate surface area is 123 Å². The van der Waals surface area contributed by atoms with E-state index >= 15 is 0 Å². The Balaban J connectivity index is 5.16. The molecule has 0 aromatic heterocycles. The van der Waals surface area contributed by atoms with Gasteiger partial charge in [0.05, 0.1) is 0 Å². The minimum absolute atomic E-state index is 0.794. The van der Waals surface area contributed by atoms with Gasteiger partial charge in [0.2, 0.25) is 0 Å². The standard InChI is InChI=1S/C19H40/c1-11-18(16(9)13(4)5)19(14(6)7)17(10)15(8)12(2)3/h12-19H,11H2,1-10H3. The summed E-state index contributed by atoms with van der Waals surface area (Å²) in [6.07, 6.45) is 1.33. The molecule has 0 radical (unpaired) electrons. The highest BCUT2D eigenvalue weighted by atomic mass is 14.4. The maximum atomic E-state index is 2.50. The van der Waals surface area contributed by atoms with E-state index in [0.29, 0.717) is 0 Å². The van der Waals surface area contributed by atoms with Gasteiger partial charge in [0, 0.05) is 0 Å². The van der Waals surface area contributed by atoms with E-state index in [1.807, 2.05) is 0 Å². The van der Waals surface area contributed by atoms with Crippen molar-refractivity contribution in [3.05, 3.63) is 0 Å². The largest absolute Gasteiger partial charge is 0.0651 e. The Morgan fingerprint density at radius 1 is 0.526 bits per heavy atom. The van der Waals surface area contributed by atoms with Crippen molar-refractivity contribution in [2.75, 3.05) is 0 Å². The lowest BCUT2D eigenvalue weighted by atomic mass is 9.63. The van der Waals surface area contributed by atoms with Crippen molar-refractivity contribution in [1.82, 2.24) is 0 Å². The van der Waals surface area contributed by atoms with Gasteiger partial charge in [-0.15, -0.1) is 0 Å². The van der Waals surface area contributed by atoms with Gasteiger partial charge in [0.15, 0.2) is 0 Å². The molecule has 0 nitrogen and oxygen atoms in total. The van der Waals surface area contributed by atoms with Crippen molar-refractivity contribution >= 4 is 0 Å². The molecule has 0 spiro atoms. The fourth-order valence-electron chi connectivity index (χ4n) is 3.94. The van der Waals surface area contributed by atoms with Gasteiger partial charge in [-0.05, 0) is 47.3 Å². The second-order valence-electron chi connectivity index (χ2n) is 7.96. The molecule has 5 unspecified atom stereocenters. The van der Waals surface area contributed by atoms with Crippen LogP contribution in [-0.2, 0) is 0 Å². The van der Waals surface area contributed by atoms with Crippen LogP contribution in [0.3, 0.4) is 0 Å². The molecule has 0 bridgehead atoms. The SMILES string of the molecule is CCC(C(C)C(C)C)C(C(C)C)C(C)C(C)C(C)C. The zero-order valence-electron chi connectivity index (χ0n) is 15.3.